The second-order valence-electron chi connectivity index (χ2n) is 7.15. The summed E-state index contributed by atoms with van der Waals surface area (Å²) in [5.74, 6) is -3.25. The normalized spacial score (nSPS) is 13.4. The van der Waals surface area contributed by atoms with E-state index in [2.05, 4.69) is 5.32 Å². The van der Waals surface area contributed by atoms with Crippen LogP contribution in [0.1, 0.15) is 12.5 Å². The summed E-state index contributed by atoms with van der Waals surface area (Å²) < 4.78 is 33.9. The van der Waals surface area contributed by atoms with Crippen molar-refractivity contribution in [1.82, 2.24) is 0 Å². The zero-order chi connectivity index (χ0) is 24.4. The highest BCUT2D eigenvalue weighted by atomic mass is 19.1. The first kappa shape index (κ1) is 22.6. The number of rotatable bonds is 7. The first-order valence-corrected chi connectivity index (χ1v) is 10.1. The number of nitro benzene ring substituents is 1. The fourth-order valence-corrected chi connectivity index (χ4v) is 3.53. The van der Waals surface area contributed by atoms with Crippen molar-refractivity contribution in [1.29, 1.82) is 0 Å². The van der Waals surface area contributed by atoms with Gasteiger partial charge in [-0.1, -0.05) is 12.1 Å². The van der Waals surface area contributed by atoms with Crippen molar-refractivity contribution in [2.24, 2.45) is 0 Å². The number of imide groups is 1. The molecule has 3 aromatic rings. The fourth-order valence-electron chi connectivity index (χ4n) is 3.53. The number of halogens is 2. The van der Waals surface area contributed by atoms with Gasteiger partial charge in [0.25, 0.3) is 17.5 Å². The van der Waals surface area contributed by atoms with E-state index in [-0.39, 0.29) is 22.5 Å². The molecule has 0 bridgehead atoms. The van der Waals surface area contributed by atoms with Gasteiger partial charge in [-0.3, -0.25) is 19.7 Å². The van der Waals surface area contributed by atoms with Gasteiger partial charge in [-0.25, -0.2) is 13.7 Å². The van der Waals surface area contributed by atoms with E-state index < -0.39 is 34.1 Å². The number of carbonyl (C=O) groups is 2. The third-order valence-electron chi connectivity index (χ3n) is 5.05. The smallest absolute Gasteiger partial charge is 0.282 e. The molecule has 4 rings (SSSR count). The van der Waals surface area contributed by atoms with Gasteiger partial charge in [-0.2, -0.15) is 0 Å². The molecule has 8 nitrogen and oxygen atoms in total. The number of hydrogen-bond acceptors (Lipinski definition) is 6. The van der Waals surface area contributed by atoms with E-state index in [1.807, 2.05) is 0 Å². The Balaban J connectivity index is 1.86. The molecule has 1 N–H and O–H groups in total. The maximum atomic E-state index is 14.5. The Morgan fingerprint density at radius 3 is 2.38 bits per heavy atom. The maximum Gasteiger partial charge on any atom is 0.282 e. The maximum absolute atomic E-state index is 14.5. The van der Waals surface area contributed by atoms with Gasteiger partial charge in [-0.15, -0.1) is 0 Å². The molecule has 2 amide bonds. The van der Waals surface area contributed by atoms with Crippen molar-refractivity contribution < 1.29 is 28.0 Å². The van der Waals surface area contributed by atoms with Crippen LogP contribution in [0.2, 0.25) is 0 Å². The number of ether oxygens (including phenoxy) is 1. The van der Waals surface area contributed by atoms with E-state index >= 15 is 0 Å². The van der Waals surface area contributed by atoms with Crippen molar-refractivity contribution in [3.8, 4) is 5.75 Å². The molecule has 0 saturated heterocycles. The molecule has 1 aliphatic heterocycles. The average molecular weight is 465 g/mol. The van der Waals surface area contributed by atoms with E-state index in [0.29, 0.717) is 22.9 Å². The van der Waals surface area contributed by atoms with Crippen LogP contribution in [0.15, 0.2) is 72.4 Å². The molecule has 0 fully saturated rings. The highest BCUT2D eigenvalue weighted by molar-refractivity contribution is 6.46. The van der Waals surface area contributed by atoms with Crippen LogP contribution in [0, 0.1) is 21.7 Å². The molecule has 34 heavy (non-hydrogen) atoms. The molecule has 0 atom stereocenters. The van der Waals surface area contributed by atoms with E-state index in [1.54, 1.807) is 31.2 Å². The first-order chi connectivity index (χ1) is 16.3. The Morgan fingerprint density at radius 1 is 1.00 bits per heavy atom. The zero-order valence-electron chi connectivity index (χ0n) is 17.7. The van der Waals surface area contributed by atoms with Crippen LogP contribution in [-0.2, 0) is 9.59 Å². The minimum atomic E-state index is -0.970. The zero-order valence-corrected chi connectivity index (χ0v) is 17.7. The Morgan fingerprint density at radius 2 is 1.71 bits per heavy atom. The van der Waals surface area contributed by atoms with Gasteiger partial charge >= 0.3 is 0 Å². The van der Waals surface area contributed by atoms with Crippen LogP contribution in [0.5, 0.6) is 5.75 Å². The second kappa shape index (κ2) is 9.10. The topological polar surface area (TPSA) is 102 Å². The Hall–Kier alpha value is -4.60. The average Bonchev–Trinajstić information content (AvgIpc) is 3.06. The fraction of sp³-hybridized carbons (Fsp3) is 0.0833. The van der Waals surface area contributed by atoms with Gasteiger partial charge in [0.2, 0.25) is 0 Å². The minimum Gasteiger partial charge on any atom is -0.492 e. The van der Waals surface area contributed by atoms with Gasteiger partial charge in [0.15, 0.2) is 0 Å². The Bertz CT molecular complexity index is 1340. The standard InChI is InChI=1S/C24H17F2N3O5/c1-2-34-20-6-4-3-5-18(20)27-22-21(14-7-10-16(11-8-14)29(32)33)23(30)28(24(22)31)19-13-15(25)9-12-17(19)26/h3-13,27H,2H2,1H3. The van der Waals surface area contributed by atoms with Crippen LogP contribution in [-0.4, -0.2) is 23.3 Å². The minimum absolute atomic E-state index is 0.158. The number of nitrogens with one attached hydrogen (secondary N) is 1. The molecule has 3 aromatic carbocycles. The molecule has 0 aromatic heterocycles. The number of benzene rings is 3. The lowest BCUT2D eigenvalue weighted by atomic mass is 10.0. The molecule has 0 radical (unpaired) electrons. The van der Waals surface area contributed by atoms with Crippen LogP contribution in [0.3, 0.4) is 0 Å². The number of non-ortho nitro benzene ring substituents is 1. The summed E-state index contributed by atoms with van der Waals surface area (Å²) in [6.45, 7) is 2.11. The van der Waals surface area contributed by atoms with Crippen molar-refractivity contribution >= 4 is 34.4 Å². The molecule has 0 spiro atoms. The predicted octanol–water partition coefficient (Wildman–Crippen LogP) is 4.67. The number of anilines is 2. The van der Waals surface area contributed by atoms with E-state index in [1.165, 1.54) is 24.3 Å². The monoisotopic (exact) mass is 465 g/mol. The van der Waals surface area contributed by atoms with Crippen LogP contribution in [0.25, 0.3) is 5.57 Å². The third-order valence-corrected chi connectivity index (χ3v) is 5.05. The van der Waals surface area contributed by atoms with Gasteiger partial charge in [0, 0.05) is 18.2 Å². The predicted molar refractivity (Wildman–Crippen MR) is 120 cm³/mol. The summed E-state index contributed by atoms with van der Waals surface area (Å²) in [6, 6.07) is 14.1. The molecular weight excluding hydrogens is 448 g/mol. The van der Waals surface area contributed by atoms with Crippen molar-refractivity contribution in [2.45, 2.75) is 6.92 Å². The SMILES string of the molecule is CCOc1ccccc1NC1=C(c2ccc([N+](=O)[O-])cc2)C(=O)N(c2cc(F)ccc2F)C1=O. The van der Waals surface area contributed by atoms with E-state index in [4.69, 9.17) is 4.74 Å². The van der Waals surface area contributed by atoms with E-state index in [9.17, 15) is 28.5 Å². The van der Waals surface area contributed by atoms with Gasteiger partial charge in [0.05, 0.1) is 28.5 Å². The molecule has 0 aliphatic carbocycles. The lowest BCUT2D eigenvalue weighted by Gasteiger charge is -2.17. The Kier molecular flexibility index (Phi) is 6.05. The number of amides is 2. The quantitative estimate of drug-likeness (QED) is 0.309. The van der Waals surface area contributed by atoms with Crippen molar-refractivity contribution in [3.05, 3.63) is 99.7 Å². The molecule has 1 heterocycles. The number of hydrogen-bond donors (Lipinski definition) is 1. The van der Waals surface area contributed by atoms with Crippen molar-refractivity contribution in [3.63, 3.8) is 0 Å². The van der Waals surface area contributed by atoms with Crippen LogP contribution < -0.4 is 15.0 Å². The Labute approximate surface area is 192 Å². The van der Waals surface area contributed by atoms with Gasteiger partial charge < -0.3 is 10.1 Å². The highest BCUT2D eigenvalue weighted by Crippen LogP contribution is 2.37. The summed E-state index contributed by atoms with van der Waals surface area (Å²) in [7, 11) is 0. The highest BCUT2D eigenvalue weighted by Gasteiger charge is 2.41. The van der Waals surface area contributed by atoms with Gasteiger partial charge in [0.1, 0.15) is 23.1 Å². The summed E-state index contributed by atoms with van der Waals surface area (Å²) in [4.78, 5) is 37.7. The molecular formula is C24H17F2N3O5. The summed E-state index contributed by atoms with van der Waals surface area (Å²) >= 11 is 0. The summed E-state index contributed by atoms with van der Waals surface area (Å²) in [5.41, 5.74) is -0.597. The van der Waals surface area contributed by atoms with Crippen molar-refractivity contribution in [2.75, 3.05) is 16.8 Å². The molecule has 1 aliphatic rings. The number of para-hydroxylation sites is 2. The second-order valence-corrected chi connectivity index (χ2v) is 7.15. The van der Waals surface area contributed by atoms with E-state index in [0.717, 1.165) is 18.2 Å². The molecule has 0 saturated carbocycles. The first-order valence-electron chi connectivity index (χ1n) is 10.1. The summed E-state index contributed by atoms with van der Waals surface area (Å²) in [6.07, 6.45) is 0. The molecule has 10 heteroatoms. The third kappa shape index (κ3) is 4.08. The lowest BCUT2D eigenvalue weighted by Crippen LogP contribution is -2.33. The number of nitro groups is 1. The largest absolute Gasteiger partial charge is 0.492 e. The van der Waals surface area contributed by atoms with Crippen LogP contribution in [0.4, 0.5) is 25.8 Å². The van der Waals surface area contributed by atoms with Crippen LogP contribution >= 0.6 is 0 Å². The number of carbonyl (C=O) groups excluding carboxylic acids is 2. The summed E-state index contributed by atoms with van der Waals surface area (Å²) in [5, 5.41) is 13.9. The number of nitrogens with zero attached hydrogens (tertiary/aromatic N) is 2. The molecule has 172 valence electrons. The lowest BCUT2D eigenvalue weighted by molar-refractivity contribution is -0.384. The molecule has 0 unspecified atom stereocenters. The van der Waals surface area contributed by atoms with Gasteiger partial charge in [-0.05, 0) is 48.9 Å².